The Morgan fingerprint density at radius 3 is 2.78 bits per heavy atom. The highest BCUT2D eigenvalue weighted by Crippen LogP contribution is 2.44. The van der Waals surface area contributed by atoms with Crippen LogP contribution < -0.4 is 11.1 Å². The lowest BCUT2D eigenvalue weighted by Crippen LogP contribution is -2.74. The van der Waals surface area contributed by atoms with Gasteiger partial charge in [-0.2, -0.15) is 0 Å². The number of carbonyl (C=O) groups excluding carboxylic acids is 3. The molecule has 4 amide bonds. The minimum absolute atomic E-state index is 0.0127. The zero-order chi connectivity index (χ0) is 26.4. The van der Waals surface area contributed by atoms with Gasteiger partial charge in [0.05, 0.1) is 6.54 Å². The number of nitrogens with zero attached hydrogens (tertiary/aromatic N) is 6. The van der Waals surface area contributed by atoms with Crippen LogP contribution >= 0.6 is 34.9 Å². The molecule has 5 N–H and O–H groups in total. The van der Waals surface area contributed by atoms with E-state index in [1.54, 1.807) is 6.92 Å². The molecule has 2 aromatic rings. The number of aliphatic carboxylic acids is 1. The number of hydrogen-bond acceptors (Lipinski definition) is 13. The molecule has 3 aliphatic heterocycles. The summed E-state index contributed by atoms with van der Waals surface area (Å²) in [5, 5.41) is 31.6. The number of nitrogens with two attached hydrogens (primary N) is 1. The fraction of sp³-hybridized carbons (Fsp3) is 0.368. The Labute approximate surface area is 220 Å². The van der Waals surface area contributed by atoms with Crippen LogP contribution in [0.4, 0.5) is 9.93 Å². The second kappa shape index (κ2) is 9.67. The number of nitrogen functional groups attached to an aromatic ring is 1. The molecule has 5 rings (SSSR count). The highest BCUT2D eigenvalue weighted by atomic mass is 32.2. The van der Waals surface area contributed by atoms with E-state index in [1.807, 2.05) is 0 Å². The van der Waals surface area contributed by atoms with Crippen molar-refractivity contribution >= 4 is 69.5 Å². The van der Waals surface area contributed by atoms with E-state index < -0.39 is 40.9 Å². The Morgan fingerprint density at radius 1 is 1.41 bits per heavy atom. The molecule has 2 aromatic heterocycles. The van der Waals surface area contributed by atoms with Gasteiger partial charge in [-0.15, -0.1) is 33.3 Å². The molecule has 0 spiro atoms. The van der Waals surface area contributed by atoms with Gasteiger partial charge in [0.15, 0.2) is 11.2 Å². The third-order valence-electron chi connectivity index (χ3n) is 5.66. The zero-order valence-corrected chi connectivity index (χ0v) is 21.5. The lowest BCUT2D eigenvalue weighted by molar-refractivity contribution is -0.169. The number of urea groups is 1. The molecule has 18 heteroatoms. The number of carboxylic acids is 1. The SMILES string of the molecule is Cc1nnc(SCC2=C(C(=O)O)N3C(=O)C(N(C(=O)C(=N)c4csc(N)n4)N4CCNC4=O)[C@@H]3SC2)o1. The van der Waals surface area contributed by atoms with Crippen LogP contribution in [0.5, 0.6) is 0 Å². The molecule has 15 nitrogen and oxygen atoms in total. The van der Waals surface area contributed by atoms with Gasteiger partial charge in [-0.3, -0.25) is 19.9 Å². The summed E-state index contributed by atoms with van der Waals surface area (Å²) in [5.41, 5.74) is 5.40. The van der Waals surface area contributed by atoms with Crippen molar-refractivity contribution < 1.29 is 28.7 Å². The van der Waals surface area contributed by atoms with Gasteiger partial charge in [-0.05, 0) is 5.57 Å². The van der Waals surface area contributed by atoms with E-state index in [9.17, 15) is 24.3 Å². The second-order valence-corrected chi connectivity index (χ2v) is 10.9. The lowest BCUT2D eigenvalue weighted by Gasteiger charge is -2.53. The Balaban J connectivity index is 1.43. The van der Waals surface area contributed by atoms with E-state index in [4.69, 9.17) is 15.6 Å². The molecule has 0 saturated carbocycles. The highest BCUT2D eigenvalue weighted by molar-refractivity contribution is 8.01. The van der Waals surface area contributed by atoms with E-state index in [2.05, 4.69) is 20.5 Å². The number of anilines is 1. The maximum Gasteiger partial charge on any atom is 0.352 e. The zero-order valence-electron chi connectivity index (χ0n) is 19.0. The van der Waals surface area contributed by atoms with Crippen LogP contribution in [0, 0.1) is 12.3 Å². The molecule has 0 aromatic carbocycles. The average molecular weight is 566 g/mol. The van der Waals surface area contributed by atoms with Crippen molar-refractivity contribution in [3.8, 4) is 0 Å². The molecular weight excluding hydrogens is 546 g/mol. The van der Waals surface area contributed by atoms with Crippen LogP contribution in [0.1, 0.15) is 11.6 Å². The first-order chi connectivity index (χ1) is 17.7. The van der Waals surface area contributed by atoms with Crippen LogP contribution in [0.3, 0.4) is 0 Å². The molecule has 2 fully saturated rings. The number of thioether (sulfide) groups is 2. The van der Waals surface area contributed by atoms with Gasteiger partial charge in [0.25, 0.3) is 17.0 Å². The van der Waals surface area contributed by atoms with Gasteiger partial charge in [-0.1, -0.05) is 11.8 Å². The van der Waals surface area contributed by atoms with Gasteiger partial charge < -0.3 is 20.6 Å². The van der Waals surface area contributed by atoms with Crippen molar-refractivity contribution in [3.05, 3.63) is 28.2 Å². The number of fused-ring (bicyclic) bond motifs is 1. The van der Waals surface area contributed by atoms with Crippen LogP contribution in [0.25, 0.3) is 0 Å². The fourth-order valence-corrected chi connectivity index (χ4v) is 6.91. The Kier molecular flexibility index (Phi) is 6.54. The van der Waals surface area contributed by atoms with E-state index in [-0.39, 0.29) is 46.3 Å². The number of β-lactam (4-membered cyclic amide) rings is 1. The average Bonchev–Trinajstić information content (AvgIpc) is 3.60. The third kappa shape index (κ3) is 4.40. The molecule has 5 heterocycles. The van der Waals surface area contributed by atoms with Crippen LogP contribution in [0.2, 0.25) is 0 Å². The molecule has 2 saturated heterocycles. The number of carbonyl (C=O) groups is 4. The van der Waals surface area contributed by atoms with Crippen molar-refractivity contribution in [1.82, 2.24) is 35.4 Å². The van der Waals surface area contributed by atoms with Crippen LogP contribution in [-0.4, -0.2) is 101 Å². The monoisotopic (exact) mass is 565 g/mol. The lowest BCUT2D eigenvalue weighted by atomic mass is 10.0. The van der Waals surface area contributed by atoms with Crippen LogP contribution in [0.15, 0.2) is 26.3 Å². The summed E-state index contributed by atoms with van der Waals surface area (Å²) in [6.07, 6.45) is 0. The van der Waals surface area contributed by atoms with E-state index in [1.165, 1.54) is 17.1 Å². The van der Waals surface area contributed by atoms with Gasteiger partial charge >= 0.3 is 12.0 Å². The predicted molar refractivity (Wildman–Crippen MR) is 132 cm³/mol. The van der Waals surface area contributed by atoms with Crippen molar-refractivity contribution in [3.63, 3.8) is 0 Å². The van der Waals surface area contributed by atoms with Gasteiger partial charge in [-0.25, -0.2) is 24.6 Å². The largest absolute Gasteiger partial charge is 0.477 e. The molecule has 37 heavy (non-hydrogen) atoms. The number of aryl methyl sites for hydroxylation is 1. The summed E-state index contributed by atoms with van der Waals surface area (Å²) in [7, 11) is 0. The maximum absolute atomic E-state index is 13.4. The van der Waals surface area contributed by atoms with E-state index in [0.29, 0.717) is 11.5 Å². The molecule has 1 unspecified atom stereocenters. The van der Waals surface area contributed by atoms with Crippen molar-refractivity contribution in [1.29, 1.82) is 5.41 Å². The number of amides is 4. The second-order valence-electron chi connectivity index (χ2n) is 7.94. The normalized spacial score (nSPS) is 21.0. The number of rotatable bonds is 8. The Bertz CT molecular complexity index is 1360. The number of carboxylic acid groups (broad SMARTS) is 1. The van der Waals surface area contributed by atoms with Crippen molar-refractivity contribution in [2.45, 2.75) is 23.6 Å². The van der Waals surface area contributed by atoms with Gasteiger partial charge in [0.1, 0.15) is 22.5 Å². The summed E-state index contributed by atoms with van der Waals surface area (Å²) in [6, 6.07) is -1.80. The molecule has 194 valence electrons. The number of hydrazine groups is 1. The standard InChI is InChI=1S/C19H19N9O6S3/c1-7-24-25-19(34-7)37-5-8-4-35-15-12(14(30)27(15)11(8)16(31)32)28(26-3-2-22-18(26)33)13(29)10(20)9-6-36-17(21)23-9/h6,12,15,20H,2-5H2,1H3,(H2,21,23)(H,22,33)(H,31,32)/t12?,15-/m0/s1. The molecule has 0 aliphatic carbocycles. The Hall–Kier alpha value is -3.64. The number of hydrogen-bond donors (Lipinski definition) is 4. The summed E-state index contributed by atoms with van der Waals surface area (Å²) < 4.78 is 5.32. The number of nitrogens with one attached hydrogen (secondary N) is 2. The summed E-state index contributed by atoms with van der Waals surface area (Å²) in [4.78, 5) is 56.6. The minimum Gasteiger partial charge on any atom is -0.477 e. The van der Waals surface area contributed by atoms with Gasteiger partial charge in [0, 0.05) is 30.4 Å². The maximum atomic E-state index is 13.4. The summed E-state index contributed by atoms with van der Waals surface area (Å²) in [5.74, 6) is -2.07. The first-order valence-electron chi connectivity index (χ1n) is 10.7. The van der Waals surface area contributed by atoms with E-state index >= 15 is 0 Å². The quantitative estimate of drug-likeness (QED) is 0.189. The van der Waals surface area contributed by atoms with E-state index in [0.717, 1.165) is 38.0 Å². The van der Waals surface area contributed by atoms with Crippen LogP contribution in [-0.2, 0) is 14.4 Å². The number of aromatic nitrogens is 3. The molecular formula is C19H19N9O6S3. The molecule has 3 aliphatic rings. The summed E-state index contributed by atoms with van der Waals surface area (Å²) >= 11 is 3.45. The fourth-order valence-electron chi connectivity index (χ4n) is 4.03. The first-order valence-corrected chi connectivity index (χ1v) is 13.6. The molecule has 0 radical (unpaired) electrons. The third-order valence-corrected chi connectivity index (χ3v) is 8.56. The highest BCUT2D eigenvalue weighted by Gasteiger charge is 2.59. The number of thiazole rings is 1. The molecule has 0 bridgehead atoms. The van der Waals surface area contributed by atoms with Crippen molar-refractivity contribution in [2.75, 3.05) is 30.3 Å². The summed E-state index contributed by atoms with van der Waals surface area (Å²) in [6.45, 7) is 1.96. The molecule has 2 atom stereocenters. The smallest absolute Gasteiger partial charge is 0.352 e. The topological polar surface area (TPSA) is 212 Å². The Morgan fingerprint density at radius 2 is 2.19 bits per heavy atom. The van der Waals surface area contributed by atoms with Gasteiger partial charge in [0.2, 0.25) is 5.89 Å². The predicted octanol–water partition coefficient (Wildman–Crippen LogP) is -0.0319. The minimum atomic E-state index is -1.29. The first kappa shape index (κ1) is 25.0. The van der Waals surface area contributed by atoms with Crippen molar-refractivity contribution in [2.24, 2.45) is 0 Å².